The van der Waals surface area contributed by atoms with Crippen LogP contribution in [-0.4, -0.2) is 25.7 Å². The summed E-state index contributed by atoms with van der Waals surface area (Å²) in [5, 5.41) is 3.23. The van der Waals surface area contributed by atoms with Gasteiger partial charge in [-0.05, 0) is 31.2 Å². The summed E-state index contributed by atoms with van der Waals surface area (Å²) < 4.78 is 10.8. The van der Waals surface area contributed by atoms with Crippen molar-refractivity contribution in [2.45, 2.75) is 6.92 Å². The van der Waals surface area contributed by atoms with Crippen molar-refractivity contribution in [3.8, 4) is 5.75 Å². The summed E-state index contributed by atoms with van der Waals surface area (Å²) in [7, 11) is 0. The summed E-state index contributed by atoms with van der Waals surface area (Å²) in [6.45, 7) is 3.60. The largest absolute Gasteiger partial charge is 0.491 e. The Labute approximate surface area is 135 Å². The van der Waals surface area contributed by atoms with Crippen LogP contribution in [0.2, 0.25) is 5.02 Å². The van der Waals surface area contributed by atoms with Crippen molar-refractivity contribution in [3.63, 3.8) is 0 Å². The van der Waals surface area contributed by atoms with Crippen molar-refractivity contribution >= 4 is 23.2 Å². The minimum atomic E-state index is -0.253. The first kappa shape index (κ1) is 16.3. The molecule has 0 aliphatic rings. The van der Waals surface area contributed by atoms with Gasteiger partial charge in [-0.2, -0.15) is 0 Å². The number of halogens is 1. The molecule has 4 nitrogen and oxygen atoms in total. The molecule has 22 heavy (non-hydrogen) atoms. The minimum absolute atomic E-state index is 0.253. The number of anilines is 1. The Morgan fingerprint density at radius 2 is 1.95 bits per heavy atom. The van der Waals surface area contributed by atoms with Gasteiger partial charge in [-0.25, -0.2) is 0 Å². The fourth-order valence-electron chi connectivity index (χ4n) is 1.87. The van der Waals surface area contributed by atoms with E-state index in [1.54, 1.807) is 36.4 Å². The van der Waals surface area contributed by atoms with Crippen molar-refractivity contribution in [1.29, 1.82) is 0 Å². The van der Waals surface area contributed by atoms with E-state index < -0.39 is 0 Å². The molecule has 2 rings (SSSR count). The Balaban J connectivity index is 1.98. The first-order valence-corrected chi connectivity index (χ1v) is 7.45. The van der Waals surface area contributed by atoms with Gasteiger partial charge in [0, 0.05) is 18.4 Å². The van der Waals surface area contributed by atoms with E-state index in [2.05, 4.69) is 5.32 Å². The molecule has 0 atom stereocenters. The lowest BCUT2D eigenvalue weighted by atomic mass is 10.2. The topological polar surface area (TPSA) is 47.6 Å². The molecule has 0 radical (unpaired) electrons. The Kier molecular flexibility index (Phi) is 6.25. The van der Waals surface area contributed by atoms with Gasteiger partial charge in [-0.15, -0.1) is 0 Å². The molecule has 116 valence electrons. The first-order valence-electron chi connectivity index (χ1n) is 7.07. The second-order valence-corrected chi connectivity index (χ2v) is 4.91. The smallest absolute Gasteiger partial charge is 0.257 e. The molecule has 0 saturated heterocycles. The fraction of sp³-hybridized carbons (Fsp3) is 0.235. The van der Waals surface area contributed by atoms with Crippen LogP contribution in [0.1, 0.15) is 17.3 Å². The van der Waals surface area contributed by atoms with Gasteiger partial charge in [-0.1, -0.05) is 29.8 Å². The van der Waals surface area contributed by atoms with Crippen LogP contribution in [0.4, 0.5) is 5.69 Å². The summed E-state index contributed by atoms with van der Waals surface area (Å²) in [5.41, 5.74) is 1.09. The predicted molar refractivity (Wildman–Crippen MR) is 87.8 cm³/mol. The molecule has 0 aliphatic heterocycles. The molecule has 1 N–H and O–H groups in total. The van der Waals surface area contributed by atoms with Crippen molar-refractivity contribution in [2.75, 3.05) is 25.1 Å². The van der Waals surface area contributed by atoms with Crippen LogP contribution in [0, 0.1) is 0 Å². The summed E-state index contributed by atoms with van der Waals surface area (Å²) in [6, 6.07) is 14.1. The number of nitrogens with one attached hydrogen (secondary N) is 1. The lowest BCUT2D eigenvalue weighted by molar-refractivity contribution is 0.102. The lowest BCUT2D eigenvalue weighted by Gasteiger charge is -2.10. The molecule has 5 heteroatoms. The fourth-order valence-corrected chi connectivity index (χ4v) is 2.09. The van der Waals surface area contributed by atoms with Gasteiger partial charge < -0.3 is 14.8 Å². The van der Waals surface area contributed by atoms with E-state index in [9.17, 15) is 4.79 Å². The van der Waals surface area contributed by atoms with Crippen molar-refractivity contribution < 1.29 is 14.3 Å². The molecular formula is C17H18ClNO3. The number of benzene rings is 2. The van der Waals surface area contributed by atoms with E-state index in [0.29, 0.717) is 41.8 Å². The summed E-state index contributed by atoms with van der Waals surface area (Å²) >= 11 is 6.02. The van der Waals surface area contributed by atoms with E-state index in [4.69, 9.17) is 21.1 Å². The van der Waals surface area contributed by atoms with Crippen LogP contribution in [0.25, 0.3) is 0 Å². The molecule has 0 saturated carbocycles. The molecule has 0 spiro atoms. The highest BCUT2D eigenvalue weighted by atomic mass is 35.5. The van der Waals surface area contributed by atoms with Gasteiger partial charge in [0.2, 0.25) is 0 Å². The third-order valence-corrected chi connectivity index (χ3v) is 3.24. The minimum Gasteiger partial charge on any atom is -0.491 e. The Morgan fingerprint density at radius 3 is 2.73 bits per heavy atom. The number of ether oxygens (including phenoxy) is 2. The third kappa shape index (κ3) is 4.76. The lowest BCUT2D eigenvalue weighted by Crippen LogP contribution is -2.12. The molecule has 2 aromatic carbocycles. The van der Waals surface area contributed by atoms with E-state index >= 15 is 0 Å². The van der Waals surface area contributed by atoms with Gasteiger partial charge in [0.05, 0.1) is 17.2 Å². The van der Waals surface area contributed by atoms with Crippen LogP contribution in [0.3, 0.4) is 0 Å². The third-order valence-electron chi connectivity index (χ3n) is 2.91. The quantitative estimate of drug-likeness (QED) is 0.784. The van der Waals surface area contributed by atoms with Crippen LogP contribution in [0.15, 0.2) is 48.5 Å². The Morgan fingerprint density at radius 1 is 1.14 bits per heavy atom. The average molecular weight is 320 g/mol. The van der Waals surface area contributed by atoms with Gasteiger partial charge in [0.25, 0.3) is 5.91 Å². The van der Waals surface area contributed by atoms with Crippen molar-refractivity contribution in [3.05, 3.63) is 59.1 Å². The van der Waals surface area contributed by atoms with E-state index in [-0.39, 0.29) is 5.91 Å². The maximum atomic E-state index is 12.2. The highest BCUT2D eigenvalue weighted by molar-refractivity contribution is 6.34. The molecule has 0 aromatic heterocycles. The molecular weight excluding hydrogens is 302 g/mol. The summed E-state index contributed by atoms with van der Waals surface area (Å²) in [5.74, 6) is 0.425. The maximum Gasteiger partial charge on any atom is 0.257 e. The van der Waals surface area contributed by atoms with Gasteiger partial charge in [0.1, 0.15) is 12.4 Å². The SMILES string of the molecule is CCOCCOc1cccc(NC(=O)c2ccccc2Cl)c1. The normalized spacial score (nSPS) is 10.3. The maximum absolute atomic E-state index is 12.2. The van der Waals surface area contributed by atoms with Crippen LogP contribution in [-0.2, 0) is 4.74 Å². The standard InChI is InChI=1S/C17H18ClNO3/c1-2-21-10-11-22-14-7-5-6-13(12-14)19-17(20)15-8-3-4-9-16(15)18/h3-9,12H,2,10-11H2,1H3,(H,19,20). The number of amides is 1. The zero-order valence-electron chi connectivity index (χ0n) is 12.3. The van der Waals surface area contributed by atoms with Crippen LogP contribution >= 0.6 is 11.6 Å². The summed E-state index contributed by atoms with van der Waals surface area (Å²) in [4.78, 5) is 12.2. The molecule has 0 fully saturated rings. The zero-order chi connectivity index (χ0) is 15.8. The molecule has 0 bridgehead atoms. The van der Waals surface area contributed by atoms with E-state index in [0.717, 1.165) is 0 Å². The molecule has 0 aliphatic carbocycles. The predicted octanol–water partition coefficient (Wildman–Crippen LogP) is 4.01. The highest BCUT2D eigenvalue weighted by Crippen LogP contribution is 2.20. The zero-order valence-corrected chi connectivity index (χ0v) is 13.1. The van der Waals surface area contributed by atoms with Gasteiger partial charge >= 0.3 is 0 Å². The number of hydrogen-bond donors (Lipinski definition) is 1. The number of rotatable bonds is 7. The highest BCUT2D eigenvalue weighted by Gasteiger charge is 2.10. The second kappa shape index (κ2) is 8.41. The van der Waals surface area contributed by atoms with Crippen LogP contribution < -0.4 is 10.1 Å². The Bertz CT molecular complexity index is 631. The summed E-state index contributed by atoms with van der Waals surface area (Å²) in [6.07, 6.45) is 0. The van der Waals surface area contributed by atoms with Crippen LogP contribution in [0.5, 0.6) is 5.75 Å². The molecule has 1 amide bonds. The molecule has 0 heterocycles. The van der Waals surface area contributed by atoms with E-state index in [1.165, 1.54) is 0 Å². The van der Waals surface area contributed by atoms with Gasteiger partial charge in [-0.3, -0.25) is 4.79 Å². The average Bonchev–Trinajstić information content (AvgIpc) is 2.52. The second-order valence-electron chi connectivity index (χ2n) is 4.51. The number of carbonyl (C=O) groups excluding carboxylic acids is 1. The number of hydrogen-bond acceptors (Lipinski definition) is 3. The first-order chi connectivity index (χ1) is 10.7. The van der Waals surface area contributed by atoms with E-state index in [1.807, 2.05) is 19.1 Å². The van der Waals surface area contributed by atoms with Gasteiger partial charge in [0.15, 0.2) is 0 Å². The monoisotopic (exact) mass is 319 g/mol. The Hall–Kier alpha value is -2.04. The van der Waals surface area contributed by atoms with Crippen molar-refractivity contribution in [2.24, 2.45) is 0 Å². The van der Waals surface area contributed by atoms with Crippen molar-refractivity contribution in [1.82, 2.24) is 0 Å². The number of carbonyl (C=O) groups is 1. The molecule has 2 aromatic rings. The molecule has 0 unspecified atom stereocenters.